The van der Waals surface area contributed by atoms with E-state index in [1.165, 1.54) is 0 Å². The van der Waals surface area contributed by atoms with Crippen molar-refractivity contribution < 1.29 is 19.0 Å². The molecule has 18 heavy (non-hydrogen) atoms. The Labute approximate surface area is 107 Å². The lowest BCUT2D eigenvalue weighted by Gasteiger charge is -2.22. The normalized spacial score (nSPS) is 19.5. The number of carbonyl (C=O) groups excluding carboxylic acids is 1. The largest absolute Gasteiger partial charge is 0.493 e. The van der Waals surface area contributed by atoms with E-state index in [-0.39, 0.29) is 5.78 Å². The first-order valence-corrected chi connectivity index (χ1v) is 6.28. The molecule has 0 N–H and O–H groups in total. The van der Waals surface area contributed by atoms with Crippen LogP contribution >= 0.6 is 0 Å². The molecule has 1 aromatic rings. The maximum absolute atomic E-state index is 12.3. The van der Waals surface area contributed by atoms with Gasteiger partial charge in [0.15, 0.2) is 5.78 Å². The summed E-state index contributed by atoms with van der Waals surface area (Å²) in [4.78, 5) is 12.3. The van der Waals surface area contributed by atoms with Crippen molar-refractivity contribution >= 4 is 5.78 Å². The van der Waals surface area contributed by atoms with Crippen molar-refractivity contribution in [3.63, 3.8) is 0 Å². The maximum Gasteiger partial charge on any atom is 0.197 e. The summed E-state index contributed by atoms with van der Waals surface area (Å²) in [5, 5.41) is 0. The fraction of sp³-hybridized carbons (Fsp3) is 0.500. The van der Waals surface area contributed by atoms with Crippen LogP contribution in [0.1, 0.15) is 23.7 Å². The Bertz CT molecular complexity index is 397. The Kier molecular flexibility index (Phi) is 4.73. The van der Waals surface area contributed by atoms with Crippen LogP contribution in [0.2, 0.25) is 0 Å². The van der Waals surface area contributed by atoms with E-state index >= 15 is 0 Å². The molecule has 4 heteroatoms. The van der Waals surface area contributed by atoms with Crippen LogP contribution in [0.4, 0.5) is 0 Å². The van der Waals surface area contributed by atoms with Gasteiger partial charge in [0, 0.05) is 0 Å². The number of hydrogen-bond donors (Lipinski definition) is 0. The summed E-state index contributed by atoms with van der Waals surface area (Å²) in [5.41, 5.74) is 0.571. The van der Waals surface area contributed by atoms with Gasteiger partial charge >= 0.3 is 0 Å². The van der Waals surface area contributed by atoms with E-state index in [0.29, 0.717) is 37.7 Å². The molecule has 1 aliphatic heterocycles. The molecule has 0 radical (unpaired) electrons. The lowest BCUT2D eigenvalue weighted by Crippen LogP contribution is -2.35. The predicted octanol–water partition coefficient (Wildman–Crippen LogP) is 2.07. The highest BCUT2D eigenvalue weighted by Crippen LogP contribution is 2.21. The van der Waals surface area contributed by atoms with Crippen LogP contribution in [-0.2, 0) is 9.47 Å². The van der Waals surface area contributed by atoms with Gasteiger partial charge in [0.05, 0.1) is 32.0 Å². The van der Waals surface area contributed by atoms with Gasteiger partial charge in [0.2, 0.25) is 0 Å². The lowest BCUT2D eigenvalue weighted by atomic mass is 10.1. The van der Waals surface area contributed by atoms with Gasteiger partial charge in [-0.25, -0.2) is 0 Å². The van der Waals surface area contributed by atoms with E-state index in [0.717, 1.165) is 6.42 Å². The molecule has 1 fully saturated rings. The van der Waals surface area contributed by atoms with Crippen LogP contribution in [0.5, 0.6) is 5.75 Å². The number of ketones is 1. The van der Waals surface area contributed by atoms with Crippen molar-refractivity contribution in [2.75, 3.05) is 26.4 Å². The molecule has 1 atom stereocenters. The van der Waals surface area contributed by atoms with Crippen LogP contribution in [-0.4, -0.2) is 38.3 Å². The van der Waals surface area contributed by atoms with Crippen LogP contribution < -0.4 is 4.74 Å². The van der Waals surface area contributed by atoms with E-state index < -0.39 is 6.10 Å². The van der Waals surface area contributed by atoms with E-state index in [9.17, 15) is 4.79 Å². The third-order valence-corrected chi connectivity index (χ3v) is 2.72. The topological polar surface area (TPSA) is 44.8 Å². The highest BCUT2D eigenvalue weighted by Gasteiger charge is 2.26. The quantitative estimate of drug-likeness (QED) is 0.750. The fourth-order valence-electron chi connectivity index (χ4n) is 1.82. The highest BCUT2D eigenvalue weighted by molar-refractivity contribution is 6.02. The van der Waals surface area contributed by atoms with Gasteiger partial charge in [-0.2, -0.15) is 0 Å². The Morgan fingerprint density at radius 1 is 1.39 bits per heavy atom. The van der Waals surface area contributed by atoms with Crippen molar-refractivity contribution in [1.82, 2.24) is 0 Å². The van der Waals surface area contributed by atoms with Crippen molar-refractivity contribution in [2.24, 2.45) is 0 Å². The molecule has 1 heterocycles. The number of carbonyl (C=O) groups is 1. The summed E-state index contributed by atoms with van der Waals surface area (Å²) in [6.45, 7) is 3.97. The first-order valence-electron chi connectivity index (χ1n) is 6.28. The van der Waals surface area contributed by atoms with Crippen molar-refractivity contribution in [3.8, 4) is 5.75 Å². The molecular weight excluding hydrogens is 232 g/mol. The van der Waals surface area contributed by atoms with Crippen LogP contribution in [0.15, 0.2) is 24.3 Å². The average molecular weight is 250 g/mol. The van der Waals surface area contributed by atoms with Gasteiger partial charge < -0.3 is 14.2 Å². The number of benzene rings is 1. The minimum atomic E-state index is -0.509. The third-order valence-electron chi connectivity index (χ3n) is 2.72. The molecule has 0 spiro atoms. The minimum Gasteiger partial charge on any atom is -0.493 e. The van der Waals surface area contributed by atoms with Crippen LogP contribution in [0, 0.1) is 0 Å². The first kappa shape index (κ1) is 13.1. The summed E-state index contributed by atoms with van der Waals surface area (Å²) < 4.78 is 16.3. The first-order chi connectivity index (χ1) is 8.83. The molecule has 1 unspecified atom stereocenters. The highest BCUT2D eigenvalue weighted by atomic mass is 16.6. The Morgan fingerprint density at radius 2 is 2.22 bits per heavy atom. The lowest BCUT2D eigenvalue weighted by molar-refractivity contribution is -0.0719. The molecule has 0 bridgehead atoms. The molecule has 4 nitrogen and oxygen atoms in total. The Hall–Kier alpha value is -1.39. The molecule has 2 rings (SSSR count). The van der Waals surface area contributed by atoms with Crippen molar-refractivity contribution in [2.45, 2.75) is 19.4 Å². The summed E-state index contributed by atoms with van der Waals surface area (Å²) in [6, 6.07) is 7.27. The Balaban J connectivity index is 2.12. The van der Waals surface area contributed by atoms with E-state index in [4.69, 9.17) is 14.2 Å². The predicted molar refractivity (Wildman–Crippen MR) is 67.1 cm³/mol. The van der Waals surface area contributed by atoms with Crippen LogP contribution in [0.3, 0.4) is 0 Å². The Morgan fingerprint density at radius 3 is 2.94 bits per heavy atom. The van der Waals surface area contributed by atoms with E-state index in [2.05, 4.69) is 0 Å². The second-order valence-corrected chi connectivity index (χ2v) is 4.14. The number of ether oxygens (including phenoxy) is 3. The van der Waals surface area contributed by atoms with Crippen molar-refractivity contribution in [1.29, 1.82) is 0 Å². The van der Waals surface area contributed by atoms with E-state index in [1.54, 1.807) is 6.07 Å². The summed E-state index contributed by atoms with van der Waals surface area (Å²) in [7, 11) is 0. The molecular formula is C14H18O4. The molecule has 0 amide bonds. The van der Waals surface area contributed by atoms with Gasteiger partial charge in [-0.1, -0.05) is 19.1 Å². The van der Waals surface area contributed by atoms with Crippen LogP contribution in [0.25, 0.3) is 0 Å². The molecule has 1 aliphatic rings. The smallest absolute Gasteiger partial charge is 0.197 e. The zero-order chi connectivity index (χ0) is 12.8. The molecule has 1 aromatic carbocycles. The summed E-state index contributed by atoms with van der Waals surface area (Å²) >= 11 is 0. The molecule has 0 aliphatic carbocycles. The summed E-state index contributed by atoms with van der Waals surface area (Å²) in [6.07, 6.45) is 0.399. The summed E-state index contributed by atoms with van der Waals surface area (Å²) in [5.74, 6) is 0.555. The molecule has 1 saturated heterocycles. The monoisotopic (exact) mass is 250 g/mol. The van der Waals surface area contributed by atoms with Gasteiger partial charge in [-0.15, -0.1) is 0 Å². The number of para-hydroxylation sites is 1. The standard InChI is InChI=1S/C14H18O4/c1-2-7-17-12-6-4-3-5-11(12)14(15)13-10-16-8-9-18-13/h3-6,13H,2,7-10H2,1H3. The second-order valence-electron chi connectivity index (χ2n) is 4.14. The van der Waals surface area contributed by atoms with Crippen molar-refractivity contribution in [3.05, 3.63) is 29.8 Å². The van der Waals surface area contributed by atoms with E-state index in [1.807, 2.05) is 25.1 Å². The average Bonchev–Trinajstić information content (AvgIpc) is 2.45. The third kappa shape index (κ3) is 3.09. The number of hydrogen-bond acceptors (Lipinski definition) is 4. The SMILES string of the molecule is CCCOc1ccccc1C(=O)C1COCCO1. The fourth-order valence-corrected chi connectivity index (χ4v) is 1.82. The number of Topliss-reactive ketones (excluding diaryl/α,β-unsaturated/α-hetero) is 1. The zero-order valence-corrected chi connectivity index (χ0v) is 10.6. The van der Waals surface area contributed by atoms with Gasteiger partial charge in [0.25, 0.3) is 0 Å². The minimum absolute atomic E-state index is 0.0681. The van der Waals surface area contributed by atoms with Gasteiger partial charge in [0.1, 0.15) is 11.9 Å². The molecule has 98 valence electrons. The molecule has 0 aromatic heterocycles. The van der Waals surface area contributed by atoms with Gasteiger partial charge in [-0.05, 0) is 18.6 Å². The second kappa shape index (κ2) is 6.52. The molecule has 0 saturated carbocycles. The number of rotatable bonds is 5. The zero-order valence-electron chi connectivity index (χ0n) is 10.6. The van der Waals surface area contributed by atoms with Gasteiger partial charge in [-0.3, -0.25) is 4.79 Å². The maximum atomic E-state index is 12.3.